The van der Waals surface area contributed by atoms with Gasteiger partial charge in [-0.3, -0.25) is 0 Å². The van der Waals surface area contributed by atoms with Crippen LogP contribution in [0.4, 0.5) is 0 Å². The summed E-state index contributed by atoms with van der Waals surface area (Å²) >= 11 is 5.98. The summed E-state index contributed by atoms with van der Waals surface area (Å²) < 4.78 is 1.79. The van der Waals surface area contributed by atoms with Gasteiger partial charge in [0.1, 0.15) is 0 Å². The lowest BCUT2D eigenvalue weighted by atomic mass is 10.2. The van der Waals surface area contributed by atoms with Crippen LogP contribution < -0.4 is 5.73 Å². The first-order valence-corrected chi connectivity index (χ1v) is 5.46. The molecule has 0 aliphatic heterocycles. The van der Waals surface area contributed by atoms with Gasteiger partial charge < -0.3 is 5.73 Å². The van der Waals surface area contributed by atoms with E-state index in [1.165, 1.54) is 0 Å². The van der Waals surface area contributed by atoms with Crippen molar-refractivity contribution >= 4 is 11.6 Å². The second kappa shape index (κ2) is 4.63. The summed E-state index contributed by atoms with van der Waals surface area (Å²) in [5.41, 5.74) is 8.59. The lowest BCUT2D eigenvalue weighted by Crippen LogP contribution is -2.09. The van der Waals surface area contributed by atoms with E-state index in [-0.39, 0.29) is 0 Å². The van der Waals surface area contributed by atoms with E-state index in [4.69, 9.17) is 17.3 Å². The maximum Gasteiger partial charge on any atom is 0.0730 e. The third-order valence-electron chi connectivity index (χ3n) is 2.42. The number of nitrogens with two attached hydrogens (primary N) is 1. The molecule has 0 radical (unpaired) electrons. The quantitative estimate of drug-likeness (QED) is 0.883. The highest BCUT2D eigenvalue weighted by Crippen LogP contribution is 2.19. The van der Waals surface area contributed by atoms with Crippen LogP contribution in [0.2, 0.25) is 5.02 Å². The van der Waals surface area contributed by atoms with Crippen molar-refractivity contribution in [3.8, 4) is 5.69 Å². The first-order chi connectivity index (χ1) is 7.72. The summed E-state index contributed by atoms with van der Waals surface area (Å²) in [6, 6.07) is 5.71. The average molecular weight is 237 g/mol. The molecule has 0 atom stereocenters. The molecule has 4 nitrogen and oxygen atoms in total. The molecule has 2 N–H and O–H groups in total. The highest BCUT2D eigenvalue weighted by molar-refractivity contribution is 6.30. The molecule has 2 aromatic rings. The van der Waals surface area contributed by atoms with Crippen LogP contribution in [-0.2, 0) is 6.42 Å². The number of benzene rings is 1. The van der Waals surface area contributed by atoms with E-state index in [1.807, 2.05) is 25.1 Å². The van der Waals surface area contributed by atoms with Crippen LogP contribution in [0, 0.1) is 6.92 Å². The number of aryl methyl sites for hydroxylation is 1. The molecule has 84 valence electrons. The summed E-state index contributed by atoms with van der Waals surface area (Å²) in [7, 11) is 0. The number of hydrogen-bond acceptors (Lipinski definition) is 3. The first kappa shape index (κ1) is 11.1. The van der Waals surface area contributed by atoms with Crippen LogP contribution in [0.25, 0.3) is 5.69 Å². The molecule has 0 unspecified atom stereocenters. The van der Waals surface area contributed by atoms with E-state index >= 15 is 0 Å². The molecule has 0 fully saturated rings. The van der Waals surface area contributed by atoms with Crippen molar-refractivity contribution in [1.82, 2.24) is 15.0 Å². The van der Waals surface area contributed by atoms with E-state index in [0.29, 0.717) is 11.6 Å². The van der Waals surface area contributed by atoms with Crippen molar-refractivity contribution in [3.05, 3.63) is 40.7 Å². The summed E-state index contributed by atoms with van der Waals surface area (Å²) in [5, 5.41) is 8.65. The van der Waals surface area contributed by atoms with E-state index in [9.17, 15) is 0 Å². The van der Waals surface area contributed by atoms with Gasteiger partial charge in [-0.15, -0.1) is 5.10 Å². The zero-order valence-corrected chi connectivity index (χ0v) is 9.78. The van der Waals surface area contributed by atoms with Gasteiger partial charge in [-0.1, -0.05) is 22.9 Å². The van der Waals surface area contributed by atoms with Crippen molar-refractivity contribution in [1.29, 1.82) is 0 Å². The molecule has 0 bridgehead atoms. The molecule has 0 saturated carbocycles. The van der Waals surface area contributed by atoms with Crippen LogP contribution in [0.15, 0.2) is 24.4 Å². The normalized spacial score (nSPS) is 10.7. The molecule has 0 aliphatic rings. The molecular formula is C11H13ClN4. The van der Waals surface area contributed by atoms with Gasteiger partial charge in [-0.25, -0.2) is 4.68 Å². The molecule has 0 saturated heterocycles. The Morgan fingerprint density at radius 1 is 1.44 bits per heavy atom. The molecule has 2 rings (SSSR count). The van der Waals surface area contributed by atoms with E-state index in [2.05, 4.69) is 10.3 Å². The molecular weight excluding hydrogens is 224 g/mol. The lowest BCUT2D eigenvalue weighted by molar-refractivity contribution is 0.751. The molecule has 0 spiro atoms. The zero-order valence-electron chi connectivity index (χ0n) is 9.02. The van der Waals surface area contributed by atoms with Gasteiger partial charge >= 0.3 is 0 Å². The Labute approximate surface area is 99.0 Å². The largest absolute Gasteiger partial charge is 0.330 e. The highest BCUT2D eigenvalue weighted by atomic mass is 35.5. The van der Waals surface area contributed by atoms with Gasteiger partial charge in [0.25, 0.3) is 0 Å². The SMILES string of the molecule is Cc1ccc(Cl)cc1-n1nncc1CCN. The summed E-state index contributed by atoms with van der Waals surface area (Å²) in [4.78, 5) is 0. The van der Waals surface area contributed by atoms with Crippen molar-refractivity contribution in [2.24, 2.45) is 5.73 Å². The minimum Gasteiger partial charge on any atom is -0.330 e. The topological polar surface area (TPSA) is 56.7 Å². The van der Waals surface area contributed by atoms with Crippen LogP contribution in [0.5, 0.6) is 0 Å². The summed E-state index contributed by atoms with van der Waals surface area (Å²) in [6.07, 6.45) is 2.48. The maximum atomic E-state index is 5.98. The molecule has 1 aromatic carbocycles. The molecule has 5 heteroatoms. The number of halogens is 1. The molecule has 0 aliphatic carbocycles. The minimum atomic E-state index is 0.576. The van der Waals surface area contributed by atoms with Gasteiger partial charge in [-0.2, -0.15) is 0 Å². The molecule has 1 heterocycles. The van der Waals surface area contributed by atoms with Crippen molar-refractivity contribution in [2.45, 2.75) is 13.3 Å². The predicted octanol–water partition coefficient (Wildman–Crippen LogP) is 1.73. The summed E-state index contributed by atoms with van der Waals surface area (Å²) in [5.74, 6) is 0. The average Bonchev–Trinajstić information content (AvgIpc) is 2.70. The van der Waals surface area contributed by atoms with Gasteiger partial charge in [0.05, 0.1) is 17.6 Å². The maximum absolute atomic E-state index is 5.98. The highest BCUT2D eigenvalue weighted by Gasteiger charge is 2.08. The third-order valence-corrected chi connectivity index (χ3v) is 2.65. The molecule has 0 amide bonds. The standard InChI is InChI=1S/C11H13ClN4/c1-8-2-3-9(12)6-11(8)16-10(4-5-13)7-14-15-16/h2-3,6-7H,4-5,13H2,1H3. The van der Waals surface area contributed by atoms with Crippen LogP contribution in [0.1, 0.15) is 11.3 Å². The van der Waals surface area contributed by atoms with Gasteiger partial charge in [0.2, 0.25) is 0 Å². The summed E-state index contributed by atoms with van der Waals surface area (Å²) in [6.45, 7) is 2.59. The molecule has 1 aromatic heterocycles. The molecule has 16 heavy (non-hydrogen) atoms. The second-order valence-electron chi connectivity index (χ2n) is 3.61. The van der Waals surface area contributed by atoms with Gasteiger partial charge in [0.15, 0.2) is 0 Å². The lowest BCUT2D eigenvalue weighted by Gasteiger charge is -2.08. The Morgan fingerprint density at radius 2 is 2.25 bits per heavy atom. The Bertz CT molecular complexity index is 492. The van der Waals surface area contributed by atoms with E-state index < -0.39 is 0 Å². The van der Waals surface area contributed by atoms with Crippen LogP contribution in [-0.4, -0.2) is 21.5 Å². The Hall–Kier alpha value is -1.39. The Balaban J connectivity index is 2.49. The number of nitrogens with zero attached hydrogens (tertiary/aromatic N) is 3. The van der Waals surface area contributed by atoms with Crippen molar-refractivity contribution in [3.63, 3.8) is 0 Å². The van der Waals surface area contributed by atoms with Gasteiger partial charge in [0, 0.05) is 11.4 Å². The number of aromatic nitrogens is 3. The fourth-order valence-corrected chi connectivity index (χ4v) is 1.75. The fourth-order valence-electron chi connectivity index (χ4n) is 1.59. The Morgan fingerprint density at radius 3 is 3.00 bits per heavy atom. The number of hydrogen-bond donors (Lipinski definition) is 1. The van der Waals surface area contributed by atoms with Crippen molar-refractivity contribution < 1.29 is 0 Å². The van der Waals surface area contributed by atoms with Crippen LogP contribution >= 0.6 is 11.6 Å². The Kier molecular flexibility index (Phi) is 3.22. The van der Waals surface area contributed by atoms with E-state index in [0.717, 1.165) is 23.4 Å². The van der Waals surface area contributed by atoms with E-state index in [1.54, 1.807) is 10.9 Å². The second-order valence-corrected chi connectivity index (χ2v) is 4.04. The fraction of sp³-hybridized carbons (Fsp3) is 0.273. The van der Waals surface area contributed by atoms with Gasteiger partial charge in [-0.05, 0) is 31.2 Å². The number of rotatable bonds is 3. The third kappa shape index (κ3) is 2.08. The predicted molar refractivity (Wildman–Crippen MR) is 63.9 cm³/mol. The van der Waals surface area contributed by atoms with Crippen molar-refractivity contribution in [2.75, 3.05) is 6.54 Å². The smallest absolute Gasteiger partial charge is 0.0730 e. The monoisotopic (exact) mass is 236 g/mol. The minimum absolute atomic E-state index is 0.576. The first-order valence-electron chi connectivity index (χ1n) is 5.08. The zero-order chi connectivity index (χ0) is 11.5. The van der Waals surface area contributed by atoms with Crippen LogP contribution in [0.3, 0.4) is 0 Å².